The van der Waals surface area contributed by atoms with Crippen LogP contribution in [0, 0.1) is 12.3 Å². The SMILES string of the molecule is C#CCOc1ccc(/C=C2\SC(=Nc3cccc(Cl)c3Cl)NC2=O)cc1. The third-order valence-corrected chi connectivity index (χ3v) is 5.02. The first kappa shape index (κ1) is 18.4. The molecule has 0 aliphatic carbocycles. The number of hydrogen-bond acceptors (Lipinski definition) is 4. The molecule has 0 aromatic heterocycles. The Hall–Kier alpha value is -2.39. The summed E-state index contributed by atoms with van der Waals surface area (Å²) in [6.07, 6.45) is 6.93. The van der Waals surface area contributed by atoms with E-state index >= 15 is 0 Å². The van der Waals surface area contributed by atoms with Crippen molar-refractivity contribution < 1.29 is 9.53 Å². The van der Waals surface area contributed by atoms with Gasteiger partial charge in [0.05, 0.1) is 20.6 Å². The Morgan fingerprint density at radius 2 is 2.00 bits per heavy atom. The summed E-state index contributed by atoms with van der Waals surface area (Å²) in [4.78, 5) is 17.0. The molecule has 0 saturated carbocycles. The lowest BCUT2D eigenvalue weighted by Gasteiger charge is -2.02. The fourth-order valence-corrected chi connectivity index (χ4v) is 3.28. The maximum absolute atomic E-state index is 12.2. The van der Waals surface area contributed by atoms with Gasteiger partial charge in [-0.3, -0.25) is 4.79 Å². The summed E-state index contributed by atoms with van der Waals surface area (Å²) in [5, 5.41) is 3.91. The Kier molecular flexibility index (Phi) is 5.89. The average Bonchev–Trinajstić information content (AvgIpc) is 2.97. The fraction of sp³-hybridized carbons (Fsp3) is 0.0526. The van der Waals surface area contributed by atoms with Crippen LogP contribution < -0.4 is 10.1 Å². The van der Waals surface area contributed by atoms with Crippen LogP contribution in [0.25, 0.3) is 6.08 Å². The molecule has 1 aliphatic heterocycles. The summed E-state index contributed by atoms with van der Waals surface area (Å²) in [5.74, 6) is 2.86. The zero-order chi connectivity index (χ0) is 18.5. The van der Waals surface area contributed by atoms with Crippen LogP contribution in [0.15, 0.2) is 52.4 Å². The molecule has 0 radical (unpaired) electrons. The zero-order valence-corrected chi connectivity index (χ0v) is 15.7. The quantitative estimate of drug-likeness (QED) is 0.584. The predicted molar refractivity (Wildman–Crippen MR) is 108 cm³/mol. The van der Waals surface area contributed by atoms with E-state index < -0.39 is 0 Å². The summed E-state index contributed by atoms with van der Waals surface area (Å²) < 4.78 is 5.32. The number of terminal acetylenes is 1. The Labute approximate surface area is 165 Å². The van der Waals surface area contributed by atoms with Crippen molar-refractivity contribution in [3.8, 4) is 18.1 Å². The number of amidine groups is 1. The summed E-state index contributed by atoms with van der Waals surface area (Å²) in [5.41, 5.74) is 1.36. The summed E-state index contributed by atoms with van der Waals surface area (Å²) >= 11 is 13.3. The molecule has 0 spiro atoms. The first-order chi connectivity index (χ1) is 12.6. The van der Waals surface area contributed by atoms with Crippen molar-refractivity contribution >= 4 is 57.8 Å². The zero-order valence-electron chi connectivity index (χ0n) is 13.3. The van der Waals surface area contributed by atoms with Crippen molar-refractivity contribution in [3.63, 3.8) is 0 Å². The molecule has 4 nitrogen and oxygen atoms in total. The lowest BCUT2D eigenvalue weighted by molar-refractivity contribution is -0.115. The first-order valence-electron chi connectivity index (χ1n) is 7.47. The Bertz CT molecular complexity index is 947. The van der Waals surface area contributed by atoms with Crippen LogP contribution in [0.2, 0.25) is 10.0 Å². The number of rotatable bonds is 4. The van der Waals surface area contributed by atoms with Gasteiger partial charge in [-0.2, -0.15) is 0 Å². The molecule has 0 unspecified atom stereocenters. The highest BCUT2D eigenvalue weighted by molar-refractivity contribution is 8.18. The second-order valence-electron chi connectivity index (χ2n) is 5.12. The molecule has 130 valence electrons. The van der Waals surface area contributed by atoms with Crippen LogP contribution in [-0.4, -0.2) is 17.7 Å². The number of benzene rings is 2. The first-order valence-corrected chi connectivity index (χ1v) is 9.04. The molecule has 0 atom stereocenters. The maximum Gasteiger partial charge on any atom is 0.264 e. The molecule has 7 heteroatoms. The van der Waals surface area contributed by atoms with E-state index in [-0.39, 0.29) is 12.5 Å². The normalized spacial score (nSPS) is 16.6. The highest BCUT2D eigenvalue weighted by atomic mass is 35.5. The van der Waals surface area contributed by atoms with Gasteiger partial charge < -0.3 is 10.1 Å². The maximum atomic E-state index is 12.2. The van der Waals surface area contributed by atoms with Crippen molar-refractivity contribution in [2.75, 3.05) is 6.61 Å². The number of carbonyl (C=O) groups is 1. The summed E-state index contributed by atoms with van der Waals surface area (Å²) in [7, 11) is 0. The topological polar surface area (TPSA) is 50.7 Å². The molecular formula is C19H12Cl2N2O2S. The van der Waals surface area contributed by atoms with Gasteiger partial charge in [-0.15, -0.1) is 6.42 Å². The second-order valence-corrected chi connectivity index (χ2v) is 6.93. The number of thioether (sulfide) groups is 1. The van der Waals surface area contributed by atoms with E-state index in [4.69, 9.17) is 34.4 Å². The molecule has 0 bridgehead atoms. The highest BCUT2D eigenvalue weighted by Gasteiger charge is 2.24. The van der Waals surface area contributed by atoms with Gasteiger partial charge in [-0.05, 0) is 47.7 Å². The fourth-order valence-electron chi connectivity index (χ4n) is 2.11. The summed E-state index contributed by atoms with van der Waals surface area (Å²) in [6, 6.07) is 12.4. The molecule has 1 heterocycles. The molecule has 1 aliphatic rings. The minimum absolute atomic E-state index is 0.213. The predicted octanol–water partition coefficient (Wildman–Crippen LogP) is 4.90. The number of nitrogens with one attached hydrogen (secondary N) is 1. The van der Waals surface area contributed by atoms with E-state index in [9.17, 15) is 4.79 Å². The van der Waals surface area contributed by atoms with Gasteiger partial charge in [0.2, 0.25) is 0 Å². The summed E-state index contributed by atoms with van der Waals surface area (Å²) in [6.45, 7) is 0.213. The van der Waals surface area contributed by atoms with Crippen LogP contribution in [0.1, 0.15) is 5.56 Å². The monoisotopic (exact) mass is 402 g/mol. The van der Waals surface area contributed by atoms with E-state index in [0.717, 1.165) is 5.56 Å². The van der Waals surface area contributed by atoms with E-state index in [1.54, 1.807) is 36.4 Å². The van der Waals surface area contributed by atoms with Crippen molar-refractivity contribution in [3.05, 3.63) is 63.0 Å². The van der Waals surface area contributed by atoms with Gasteiger partial charge in [0.15, 0.2) is 5.17 Å². The molecule has 2 aromatic rings. The van der Waals surface area contributed by atoms with Crippen molar-refractivity contribution in [2.45, 2.75) is 0 Å². The van der Waals surface area contributed by atoms with Crippen LogP contribution in [-0.2, 0) is 4.79 Å². The highest BCUT2D eigenvalue weighted by Crippen LogP contribution is 2.34. The van der Waals surface area contributed by atoms with Crippen molar-refractivity contribution in [2.24, 2.45) is 4.99 Å². The lowest BCUT2D eigenvalue weighted by Crippen LogP contribution is -2.19. The number of aliphatic imine (C=N–C) groups is 1. The van der Waals surface area contributed by atoms with Crippen LogP contribution in [0.4, 0.5) is 5.69 Å². The molecule has 1 saturated heterocycles. The lowest BCUT2D eigenvalue weighted by atomic mass is 10.2. The molecule has 1 amide bonds. The van der Waals surface area contributed by atoms with E-state index in [1.165, 1.54) is 11.8 Å². The van der Waals surface area contributed by atoms with Crippen LogP contribution in [0.5, 0.6) is 5.75 Å². The Morgan fingerprint density at radius 3 is 2.73 bits per heavy atom. The molecule has 1 N–H and O–H groups in total. The van der Waals surface area contributed by atoms with Crippen LogP contribution in [0.3, 0.4) is 0 Å². The standard InChI is InChI=1S/C19H12Cl2N2O2S/c1-2-10-25-13-8-6-12(7-9-13)11-16-18(24)23-19(26-16)22-15-5-3-4-14(20)17(15)21/h1,3-9,11H,10H2,(H,22,23,24)/b16-11-. The number of nitrogens with zero attached hydrogens (tertiary/aromatic N) is 1. The third-order valence-electron chi connectivity index (χ3n) is 3.30. The van der Waals surface area contributed by atoms with Gasteiger partial charge in [0, 0.05) is 0 Å². The Morgan fingerprint density at radius 1 is 1.23 bits per heavy atom. The third kappa shape index (κ3) is 4.41. The molecular weight excluding hydrogens is 391 g/mol. The van der Waals surface area contributed by atoms with Crippen molar-refractivity contribution in [1.29, 1.82) is 0 Å². The van der Waals surface area contributed by atoms with Gasteiger partial charge in [0.25, 0.3) is 5.91 Å². The number of ether oxygens (including phenoxy) is 1. The van der Waals surface area contributed by atoms with Crippen molar-refractivity contribution in [1.82, 2.24) is 5.32 Å². The molecule has 1 fully saturated rings. The van der Waals surface area contributed by atoms with E-state index in [0.29, 0.717) is 31.6 Å². The van der Waals surface area contributed by atoms with Crippen LogP contribution >= 0.6 is 35.0 Å². The van der Waals surface area contributed by atoms with Gasteiger partial charge in [-0.25, -0.2) is 4.99 Å². The van der Waals surface area contributed by atoms with Gasteiger partial charge in [-0.1, -0.05) is 47.3 Å². The van der Waals surface area contributed by atoms with E-state index in [1.807, 2.05) is 12.1 Å². The molecule has 3 rings (SSSR count). The average molecular weight is 403 g/mol. The second kappa shape index (κ2) is 8.33. The minimum atomic E-state index is -0.223. The van der Waals surface area contributed by atoms with Gasteiger partial charge in [0.1, 0.15) is 12.4 Å². The van der Waals surface area contributed by atoms with E-state index in [2.05, 4.69) is 16.2 Å². The smallest absolute Gasteiger partial charge is 0.264 e. The Balaban J connectivity index is 1.77. The molecule has 26 heavy (non-hydrogen) atoms. The van der Waals surface area contributed by atoms with Gasteiger partial charge >= 0.3 is 0 Å². The molecule has 2 aromatic carbocycles. The number of halogens is 2. The number of hydrogen-bond donors (Lipinski definition) is 1. The number of carbonyl (C=O) groups excluding carboxylic acids is 1. The number of amides is 1. The minimum Gasteiger partial charge on any atom is -0.481 e. The largest absolute Gasteiger partial charge is 0.481 e.